The van der Waals surface area contributed by atoms with E-state index in [1.54, 1.807) is 38.3 Å². The predicted octanol–water partition coefficient (Wildman–Crippen LogP) is 5.72. The molecule has 0 saturated heterocycles. The van der Waals surface area contributed by atoms with Crippen LogP contribution in [0.4, 0.5) is 5.69 Å². The minimum Gasteiger partial charge on any atom is -0.497 e. The van der Waals surface area contributed by atoms with E-state index in [0.717, 1.165) is 22.4 Å². The minimum atomic E-state index is -0.435. The second kappa shape index (κ2) is 10.9. The summed E-state index contributed by atoms with van der Waals surface area (Å²) in [6.07, 6.45) is 0. The first-order valence-corrected chi connectivity index (χ1v) is 11.6. The number of carbonyl (C=O) groups excluding carboxylic acids is 2. The van der Waals surface area contributed by atoms with Crippen LogP contribution in [0.15, 0.2) is 66.7 Å². The first-order valence-electron chi connectivity index (χ1n) is 11.6. The third-order valence-corrected chi connectivity index (χ3v) is 5.66. The highest BCUT2D eigenvalue weighted by molar-refractivity contribution is 5.98. The van der Waals surface area contributed by atoms with Gasteiger partial charge in [-0.3, -0.25) is 4.79 Å². The van der Waals surface area contributed by atoms with Crippen molar-refractivity contribution in [2.24, 2.45) is 0 Å². The zero-order valence-corrected chi connectivity index (χ0v) is 20.8. The Balaban J connectivity index is 1.68. The summed E-state index contributed by atoms with van der Waals surface area (Å²) >= 11 is 0. The Labute approximate surface area is 210 Å². The molecule has 1 aromatic heterocycles. The monoisotopic (exact) mass is 484 g/mol. The van der Waals surface area contributed by atoms with Crippen LogP contribution in [-0.4, -0.2) is 37.2 Å². The van der Waals surface area contributed by atoms with E-state index in [1.165, 1.54) is 0 Å². The Hall–Kier alpha value is -4.39. The van der Waals surface area contributed by atoms with E-state index in [9.17, 15) is 9.59 Å². The van der Waals surface area contributed by atoms with Crippen molar-refractivity contribution in [1.82, 2.24) is 4.98 Å². The van der Waals surface area contributed by atoms with Crippen LogP contribution in [0, 0.1) is 13.8 Å². The van der Waals surface area contributed by atoms with Gasteiger partial charge in [0.2, 0.25) is 0 Å². The van der Waals surface area contributed by atoms with E-state index in [-0.39, 0.29) is 19.1 Å². The number of methoxy groups -OCH3 is 1. The topological polar surface area (TPSA) is 86.8 Å². The van der Waals surface area contributed by atoms with Gasteiger partial charge in [0.15, 0.2) is 6.61 Å². The number of esters is 1. The zero-order chi connectivity index (χ0) is 25.7. The van der Waals surface area contributed by atoms with Crippen LogP contribution in [0.5, 0.6) is 11.5 Å². The molecule has 0 fully saturated rings. The lowest BCUT2D eigenvalue weighted by Gasteiger charge is -2.14. The highest BCUT2D eigenvalue weighted by Gasteiger charge is 2.15. The summed E-state index contributed by atoms with van der Waals surface area (Å²) in [6.45, 7) is 5.75. The molecule has 1 amide bonds. The first-order chi connectivity index (χ1) is 17.4. The van der Waals surface area contributed by atoms with Crippen molar-refractivity contribution in [3.05, 3.63) is 83.4 Å². The molecule has 1 heterocycles. The summed E-state index contributed by atoms with van der Waals surface area (Å²) < 4.78 is 16.5. The molecule has 7 nitrogen and oxygen atoms in total. The summed E-state index contributed by atoms with van der Waals surface area (Å²) in [5, 5.41) is 3.50. The highest BCUT2D eigenvalue weighted by Crippen LogP contribution is 2.32. The maximum absolute atomic E-state index is 12.7. The molecule has 0 saturated carbocycles. The number of pyridine rings is 1. The second-order valence-corrected chi connectivity index (χ2v) is 8.35. The lowest BCUT2D eigenvalue weighted by Crippen LogP contribution is -2.20. The van der Waals surface area contributed by atoms with Crippen molar-refractivity contribution in [2.75, 3.05) is 25.6 Å². The lowest BCUT2D eigenvalue weighted by molar-refractivity contribution is -0.118. The van der Waals surface area contributed by atoms with Gasteiger partial charge in [-0.1, -0.05) is 29.8 Å². The van der Waals surface area contributed by atoms with Gasteiger partial charge in [-0.15, -0.1) is 0 Å². The smallest absolute Gasteiger partial charge is 0.338 e. The van der Waals surface area contributed by atoms with Crippen molar-refractivity contribution in [2.45, 2.75) is 20.8 Å². The lowest BCUT2D eigenvalue weighted by atomic mass is 10.1. The van der Waals surface area contributed by atoms with Crippen molar-refractivity contribution >= 4 is 28.5 Å². The fourth-order valence-electron chi connectivity index (χ4n) is 3.87. The Morgan fingerprint density at radius 3 is 2.56 bits per heavy atom. The number of carbonyl (C=O) groups is 2. The summed E-state index contributed by atoms with van der Waals surface area (Å²) in [6, 6.07) is 20.2. The molecule has 0 atom stereocenters. The number of aryl methyl sites for hydroxylation is 2. The molecule has 0 bridgehead atoms. The van der Waals surface area contributed by atoms with Crippen LogP contribution in [0.25, 0.3) is 22.2 Å². The van der Waals surface area contributed by atoms with Gasteiger partial charge < -0.3 is 19.5 Å². The van der Waals surface area contributed by atoms with Gasteiger partial charge in [-0.25, -0.2) is 9.78 Å². The van der Waals surface area contributed by atoms with Crippen LogP contribution < -0.4 is 14.8 Å². The molecule has 0 radical (unpaired) electrons. The SMILES string of the molecule is CCOC(=O)c1ccc2nc(-c3cccc(OC)c3)cc(OCC(=O)Nc3ccc(C)cc3C)c2c1. The molecule has 1 N–H and O–H groups in total. The molecule has 4 aromatic rings. The fraction of sp³-hybridized carbons (Fsp3) is 0.207. The van der Waals surface area contributed by atoms with Gasteiger partial charge in [0.1, 0.15) is 11.5 Å². The highest BCUT2D eigenvalue weighted by atomic mass is 16.5. The maximum atomic E-state index is 12.7. The van der Waals surface area contributed by atoms with Gasteiger partial charge in [0.05, 0.1) is 30.5 Å². The van der Waals surface area contributed by atoms with Gasteiger partial charge in [0.25, 0.3) is 5.91 Å². The van der Waals surface area contributed by atoms with Crippen LogP contribution >= 0.6 is 0 Å². The van der Waals surface area contributed by atoms with Crippen molar-refractivity contribution in [1.29, 1.82) is 0 Å². The Bertz CT molecular complexity index is 1430. The number of amides is 1. The average molecular weight is 485 g/mol. The molecule has 7 heteroatoms. The van der Waals surface area contributed by atoms with E-state index in [1.807, 2.05) is 56.3 Å². The van der Waals surface area contributed by atoms with Gasteiger partial charge in [0, 0.05) is 22.7 Å². The van der Waals surface area contributed by atoms with Crippen molar-refractivity contribution < 1.29 is 23.8 Å². The molecule has 0 aliphatic carbocycles. The molecule has 4 rings (SSSR count). The molecular formula is C29H28N2O5. The third kappa shape index (κ3) is 5.63. The number of ether oxygens (including phenoxy) is 3. The molecule has 36 heavy (non-hydrogen) atoms. The van der Waals surface area contributed by atoms with Gasteiger partial charge in [-0.05, 0) is 62.7 Å². The second-order valence-electron chi connectivity index (χ2n) is 8.35. The number of hydrogen-bond donors (Lipinski definition) is 1. The van der Waals surface area contributed by atoms with E-state index in [4.69, 9.17) is 19.2 Å². The van der Waals surface area contributed by atoms with E-state index in [0.29, 0.717) is 33.7 Å². The quantitative estimate of drug-likeness (QED) is 0.322. The number of hydrogen-bond acceptors (Lipinski definition) is 6. The Morgan fingerprint density at radius 1 is 0.972 bits per heavy atom. The Kier molecular flexibility index (Phi) is 7.49. The van der Waals surface area contributed by atoms with E-state index in [2.05, 4.69) is 5.32 Å². The normalized spacial score (nSPS) is 10.7. The molecule has 0 unspecified atom stereocenters. The van der Waals surface area contributed by atoms with Gasteiger partial charge >= 0.3 is 5.97 Å². The van der Waals surface area contributed by atoms with Crippen LogP contribution in [0.1, 0.15) is 28.4 Å². The van der Waals surface area contributed by atoms with Gasteiger partial charge in [-0.2, -0.15) is 0 Å². The number of nitrogens with one attached hydrogen (secondary N) is 1. The van der Waals surface area contributed by atoms with Crippen molar-refractivity contribution in [3.8, 4) is 22.8 Å². The fourth-order valence-corrected chi connectivity index (χ4v) is 3.87. The van der Waals surface area contributed by atoms with Crippen LogP contribution in [-0.2, 0) is 9.53 Å². The average Bonchev–Trinajstić information content (AvgIpc) is 2.88. The molecule has 3 aromatic carbocycles. The number of aromatic nitrogens is 1. The number of nitrogens with zero attached hydrogens (tertiary/aromatic N) is 1. The molecule has 184 valence electrons. The number of fused-ring (bicyclic) bond motifs is 1. The summed E-state index contributed by atoms with van der Waals surface area (Å²) in [5.74, 6) is 0.397. The molecule has 0 spiro atoms. The first kappa shape index (κ1) is 24.7. The molecule has 0 aliphatic heterocycles. The summed E-state index contributed by atoms with van der Waals surface area (Å²) in [4.78, 5) is 29.8. The number of benzene rings is 3. The largest absolute Gasteiger partial charge is 0.497 e. The van der Waals surface area contributed by atoms with E-state index >= 15 is 0 Å². The summed E-state index contributed by atoms with van der Waals surface area (Å²) in [7, 11) is 1.60. The molecular weight excluding hydrogens is 456 g/mol. The van der Waals surface area contributed by atoms with Crippen LogP contribution in [0.3, 0.4) is 0 Å². The summed E-state index contributed by atoms with van der Waals surface area (Å²) in [5.41, 5.74) is 5.29. The standard InChI is InChI=1S/C29H28N2O5/c1-5-35-29(33)21-10-12-25-23(15-21)27(16-26(30-25)20-7-6-8-22(14-20)34-4)36-17-28(32)31-24-11-9-18(2)13-19(24)3/h6-16H,5,17H2,1-4H3,(H,31,32). The predicted molar refractivity (Wildman–Crippen MR) is 140 cm³/mol. The third-order valence-electron chi connectivity index (χ3n) is 5.66. The number of rotatable bonds is 8. The van der Waals surface area contributed by atoms with Crippen LogP contribution in [0.2, 0.25) is 0 Å². The van der Waals surface area contributed by atoms with Crippen molar-refractivity contribution in [3.63, 3.8) is 0 Å². The minimum absolute atomic E-state index is 0.215. The van der Waals surface area contributed by atoms with E-state index < -0.39 is 5.97 Å². The zero-order valence-electron chi connectivity index (χ0n) is 20.8. The maximum Gasteiger partial charge on any atom is 0.338 e. The number of anilines is 1. The Morgan fingerprint density at radius 2 is 1.81 bits per heavy atom. The molecule has 0 aliphatic rings.